The van der Waals surface area contributed by atoms with E-state index in [9.17, 15) is 9.59 Å². The minimum Gasteiger partial charge on any atom is -0.495 e. The molecule has 2 aromatic carbocycles. The predicted octanol–water partition coefficient (Wildman–Crippen LogP) is 3.33. The fraction of sp³-hybridized carbons (Fsp3) is 0.300. The second-order valence-corrected chi connectivity index (χ2v) is 6.86. The number of carbonyl (C=O) groups excluding carboxylic acids is 2. The van der Waals surface area contributed by atoms with Crippen molar-refractivity contribution >= 4 is 29.1 Å². The van der Waals surface area contributed by atoms with Crippen molar-refractivity contribution < 1.29 is 14.3 Å². The summed E-state index contributed by atoms with van der Waals surface area (Å²) < 4.78 is 5.32. The molecule has 5 nitrogen and oxygen atoms in total. The highest BCUT2D eigenvalue weighted by molar-refractivity contribution is 6.31. The van der Waals surface area contributed by atoms with Crippen LogP contribution in [0.4, 0.5) is 5.69 Å². The molecular weight excluding hydrogens is 352 g/mol. The summed E-state index contributed by atoms with van der Waals surface area (Å²) in [4.78, 5) is 26.5. The zero-order valence-corrected chi connectivity index (χ0v) is 15.5. The molecule has 1 fully saturated rings. The highest BCUT2D eigenvalue weighted by atomic mass is 35.5. The van der Waals surface area contributed by atoms with Crippen molar-refractivity contribution in [2.75, 3.05) is 18.6 Å². The van der Waals surface area contributed by atoms with E-state index in [4.69, 9.17) is 16.3 Å². The number of amides is 2. The van der Waals surface area contributed by atoms with Gasteiger partial charge in [0.25, 0.3) is 0 Å². The first-order valence-corrected chi connectivity index (χ1v) is 8.83. The van der Waals surface area contributed by atoms with Crippen molar-refractivity contribution in [3.63, 3.8) is 0 Å². The third-order valence-corrected chi connectivity index (χ3v) is 4.71. The van der Waals surface area contributed by atoms with Crippen molar-refractivity contribution in [3.05, 3.63) is 58.6 Å². The van der Waals surface area contributed by atoms with E-state index in [0.29, 0.717) is 29.5 Å². The molecule has 2 amide bonds. The number of hydrogen-bond donors (Lipinski definition) is 1. The number of nitrogens with zero attached hydrogens (tertiary/aromatic N) is 1. The molecule has 0 bridgehead atoms. The lowest BCUT2D eigenvalue weighted by molar-refractivity contribution is -0.126. The molecule has 0 saturated carbocycles. The van der Waals surface area contributed by atoms with Crippen LogP contribution in [0.25, 0.3) is 0 Å². The molecule has 1 saturated heterocycles. The topological polar surface area (TPSA) is 58.6 Å². The maximum Gasteiger partial charge on any atom is 0.227 e. The van der Waals surface area contributed by atoms with Gasteiger partial charge in [-0.2, -0.15) is 0 Å². The Hall–Kier alpha value is -2.53. The van der Waals surface area contributed by atoms with Crippen LogP contribution in [0.2, 0.25) is 5.02 Å². The lowest BCUT2D eigenvalue weighted by atomic mass is 10.1. The quantitative estimate of drug-likeness (QED) is 0.875. The van der Waals surface area contributed by atoms with Crippen molar-refractivity contribution in [1.29, 1.82) is 0 Å². The number of halogens is 1. The van der Waals surface area contributed by atoms with Crippen LogP contribution in [0.3, 0.4) is 0 Å². The van der Waals surface area contributed by atoms with Crippen LogP contribution >= 0.6 is 11.6 Å². The van der Waals surface area contributed by atoms with Gasteiger partial charge in [-0.25, -0.2) is 0 Å². The van der Waals surface area contributed by atoms with Crippen molar-refractivity contribution in [2.45, 2.75) is 19.9 Å². The first-order valence-electron chi connectivity index (χ1n) is 8.45. The van der Waals surface area contributed by atoms with Crippen molar-refractivity contribution in [2.24, 2.45) is 5.92 Å². The van der Waals surface area contributed by atoms with Crippen LogP contribution in [0.1, 0.15) is 17.5 Å². The molecule has 0 radical (unpaired) electrons. The Kier molecular flexibility index (Phi) is 5.47. The van der Waals surface area contributed by atoms with Gasteiger partial charge in [0.2, 0.25) is 11.8 Å². The molecule has 3 rings (SSSR count). The van der Waals surface area contributed by atoms with Gasteiger partial charge in [-0.3, -0.25) is 9.59 Å². The molecule has 1 N–H and O–H groups in total. The predicted molar refractivity (Wildman–Crippen MR) is 101 cm³/mol. The summed E-state index contributed by atoms with van der Waals surface area (Å²) >= 11 is 6.06. The standard InChI is InChI=1S/C20H21ClN2O3/c1-13-4-3-5-14(8-13)11-22-20(25)15-9-19(24)23(12-15)17-10-16(21)6-7-18(17)26-2/h3-8,10,15H,9,11-12H2,1-2H3,(H,22,25). The molecule has 1 aliphatic rings. The van der Waals surface area contributed by atoms with Gasteiger partial charge in [0.05, 0.1) is 18.7 Å². The number of hydrogen-bond acceptors (Lipinski definition) is 3. The van der Waals surface area contributed by atoms with Gasteiger partial charge in [-0.15, -0.1) is 0 Å². The summed E-state index contributed by atoms with van der Waals surface area (Å²) in [5, 5.41) is 3.44. The molecule has 26 heavy (non-hydrogen) atoms. The van der Waals surface area contributed by atoms with Crippen molar-refractivity contribution in [1.82, 2.24) is 5.32 Å². The molecule has 0 aromatic heterocycles. The Labute approximate surface area is 157 Å². The lowest BCUT2D eigenvalue weighted by Crippen LogP contribution is -2.32. The zero-order valence-electron chi connectivity index (χ0n) is 14.8. The van der Waals surface area contributed by atoms with E-state index < -0.39 is 5.92 Å². The van der Waals surface area contributed by atoms with E-state index in [1.807, 2.05) is 31.2 Å². The molecule has 1 heterocycles. The van der Waals surface area contributed by atoms with Gasteiger partial charge in [0.15, 0.2) is 0 Å². The monoisotopic (exact) mass is 372 g/mol. The number of rotatable bonds is 5. The molecule has 1 aliphatic heterocycles. The Morgan fingerprint density at radius 3 is 2.85 bits per heavy atom. The number of anilines is 1. The number of nitrogens with one attached hydrogen (secondary N) is 1. The number of ether oxygens (including phenoxy) is 1. The number of benzene rings is 2. The molecule has 1 atom stereocenters. The lowest BCUT2D eigenvalue weighted by Gasteiger charge is -2.20. The van der Waals surface area contributed by atoms with Crippen molar-refractivity contribution in [3.8, 4) is 5.75 Å². The second-order valence-electron chi connectivity index (χ2n) is 6.43. The summed E-state index contributed by atoms with van der Waals surface area (Å²) in [6.45, 7) is 2.78. The fourth-order valence-corrected chi connectivity index (χ4v) is 3.31. The average molecular weight is 373 g/mol. The molecule has 0 spiro atoms. The van der Waals surface area contributed by atoms with Crippen LogP contribution in [0, 0.1) is 12.8 Å². The number of aryl methyl sites for hydroxylation is 1. The van der Waals surface area contributed by atoms with Crippen LogP contribution in [0.15, 0.2) is 42.5 Å². The van der Waals surface area contributed by atoms with E-state index >= 15 is 0 Å². The van der Waals surface area contributed by atoms with Gasteiger partial charge < -0.3 is 15.0 Å². The van der Waals surface area contributed by atoms with Gasteiger partial charge in [-0.05, 0) is 30.7 Å². The highest BCUT2D eigenvalue weighted by Gasteiger charge is 2.36. The molecule has 1 unspecified atom stereocenters. The summed E-state index contributed by atoms with van der Waals surface area (Å²) in [5.41, 5.74) is 2.78. The first kappa shape index (κ1) is 18.3. The maximum atomic E-state index is 12.5. The Balaban J connectivity index is 1.67. The van der Waals surface area contributed by atoms with E-state index in [2.05, 4.69) is 5.32 Å². The minimum absolute atomic E-state index is 0.110. The van der Waals surface area contributed by atoms with Gasteiger partial charge >= 0.3 is 0 Å². The smallest absolute Gasteiger partial charge is 0.227 e. The summed E-state index contributed by atoms with van der Waals surface area (Å²) in [6, 6.07) is 13.1. The highest BCUT2D eigenvalue weighted by Crippen LogP contribution is 2.35. The number of methoxy groups -OCH3 is 1. The summed E-state index contributed by atoms with van der Waals surface area (Å²) in [6.07, 6.45) is 0.176. The summed E-state index contributed by atoms with van der Waals surface area (Å²) in [7, 11) is 1.54. The van der Waals surface area contributed by atoms with Crippen LogP contribution in [-0.2, 0) is 16.1 Å². The third-order valence-electron chi connectivity index (χ3n) is 4.48. The molecule has 6 heteroatoms. The summed E-state index contributed by atoms with van der Waals surface area (Å²) in [5.74, 6) is -0.0656. The maximum absolute atomic E-state index is 12.5. The third kappa shape index (κ3) is 3.99. The molecule has 2 aromatic rings. The van der Waals surface area contributed by atoms with Crippen LogP contribution in [-0.4, -0.2) is 25.5 Å². The van der Waals surface area contributed by atoms with Gasteiger partial charge in [-0.1, -0.05) is 41.4 Å². The van der Waals surface area contributed by atoms with Crippen LogP contribution in [0.5, 0.6) is 5.75 Å². The number of carbonyl (C=O) groups is 2. The van der Waals surface area contributed by atoms with E-state index in [0.717, 1.165) is 11.1 Å². The van der Waals surface area contributed by atoms with E-state index in [1.165, 1.54) is 0 Å². The first-order chi connectivity index (χ1) is 12.5. The zero-order chi connectivity index (χ0) is 18.7. The average Bonchev–Trinajstić information content (AvgIpc) is 3.01. The Morgan fingerprint density at radius 2 is 2.12 bits per heavy atom. The second kappa shape index (κ2) is 7.79. The van der Waals surface area contributed by atoms with Gasteiger partial charge in [0.1, 0.15) is 5.75 Å². The van der Waals surface area contributed by atoms with E-state index in [-0.39, 0.29) is 18.2 Å². The van der Waals surface area contributed by atoms with E-state index in [1.54, 1.807) is 30.2 Å². The molecule has 136 valence electrons. The minimum atomic E-state index is -0.393. The Morgan fingerprint density at radius 1 is 1.31 bits per heavy atom. The fourth-order valence-electron chi connectivity index (χ4n) is 3.15. The Bertz CT molecular complexity index is 838. The SMILES string of the molecule is COc1ccc(Cl)cc1N1CC(C(=O)NCc2cccc(C)c2)CC1=O. The van der Waals surface area contributed by atoms with Crippen LogP contribution < -0.4 is 15.0 Å². The molecule has 0 aliphatic carbocycles. The largest absolute Gasteiger partial charge is 0.495 e. The molecular formula is C20H21ClN2O3. The normalized spacial score (nSPS) is 16.7. The van der Waals surface area contributed by atoms with Gasteiger partial charge in [0, 0.05) is 24.5 Å².